The molecule has 7 heteroatoms. The lowest BCUT2D eigenvalue weighted by molar-refractivity contribution is 0.0952. The molecule has 0 aliphatic heterocycles. The van der Waals surface area contributed by atoms with E-state index in [9.17, 15) is 4.79 Å². The summed E-state index contributed by atoms with van der Waals surface area (Å²) in [5.41, 5.74) is 5.08. The van der Waals surface area contributed by atoms with E-state index in [1.54, 1.807) is 6.20 Å². The maximum absolute atomic E-state index is 13.2. The number of para-hydroxylation sites is 1. The van der Waals surface area contributed by atoms with Crippen molar-refractivity contribution >= 4 is 16.9 Å². The van der Waals surface area contributed by atoms with Gasteiger partial charge in [-0.05, 0) is 44.9 Å². The number of pyridine rings is 1. The Morgan fingerprint density at radius 1 is 1.23 bits per heavy atom. The highest BCUT2D eigenvalue weighted by Gasteiger charge is 2.29. The van der Waals surface area contributed by atoms with Gasteiger partial charge in [-0.15, -0.1) is 0 Å². The zero-order valence-corrected chi connectivity index (χ0v) is 17.2. The molecule has 5 rings (SSSR count). The molecular formula is C23H24N6O. The summed E-state index contributed by atoms with van der Waals surface area (Å²) in [5, 5.41) is 12.9. The third-order valence-electron chi connectivity index (χ3n) is 5.54. The SMILES string of the molecule is CCn1cc(CNC(=O)c2cc(C3CC3)nc3c2c(C)nn3-c2ccccc2)cn1. The number of rotatable bonds is 6. The van der Waals surface area contributed by atoms with Crippen molar-refractivity contribution in [3.05, 3.63) is 71.3 Å². The summed E-state index contributed by atoms with van der Waals surface area (Å²) in [6, 6.07) is 11.9. The molecule has 1 amide bonds. The Morgan fingerprint density at radius 2 is 2.03 bits per heavy atom. The van der Waals surface area contributed by atoms with Gasteiger partial charge in [-0.2, -0.15) is 10.2 Å². The molecule has 7 nitrogen and oxygen atoms in total. The molecule has 1 aliphatic carbocycles. The number of aryl methyl sites for hydroxylation is 2. The van der Waals surface area contributed by atoms with E-state index in [1.165, 1.54) is 0 Å². The van der Waals surface area contributed by atoms with Gasteiger partial charge in [0.05, 0.1) is 28.5 Å². The summed E-state index contributed by atoms with van der Waals surface area (Å²) in [5.74, 6) is 0.326. The van der Waals surface area contributed by atoms with Gasteiger partial charge in [-0.25, -0.2) is 9.67 Å². The molecule has 1 saturated carbocycles. The fraction of sp³-hybridized carbons (Fsp3) is 0.304. The van der Waals surface area contributed by atoms with E-state index < -0.39 is 0 Å². The van der Waals surface area contributed by atoms with E-state index in [2.05, 4.69) is 10.4 Å². The minimum atomic E-state index is -0.107. The van der Waals surface area contributed by atoms with Gasteiger partial charge < -0.3 is 5.32 Å². The Kier molecular flexibility index (Phi) is 4.58. The third-order valence-corrected chi connectivity index (χ3v) is 5.54. The average molecular weight is 400 g/mol. The number of hydrogen-bond donors (Lipinski definition) is 1. The number of aromatic nitrogens is 5. The number of nitrogens with zero attached hydrogens (tertiary/aromatic N) is 5. The van der Waals surface area contributed by atoms with Crippen molar-refractivity contribution in [2.24, 2.45) is 0 Å². The highest BCUT2D eigenvalue weighted by Crippen LogP contribution is 2.40. The minimum absolute atomic E-state index is 0.107. The highest BCUT2D eigenvalue weighted by molar-refractivity contribution is 6.06. The van der Waals surface area contributed by atoms with E-state index in [0.29, 0.717) is 18.0 Å². The lowest BCUT2D eigenvalue weighted by Crippen LogP contribution is -2.23. The van der Waals surface area contributed by atoms with E-state index in [4.69, 9.17) is 10.1 Å². The van der Waals surface area contributed by atoms with Gasteiger partial charge >= 0.3 is 0 Å². The van der Waals surface area contributed by atoms with Crippen molar-refractivity contribution in [1.29, 1.82) is 0 Å². The number of carbonyl (C=O) groups is 1. The maximum atomic E-state index is 13.2. The van der Waals surface area contributed by atoms with Gasteiger partial charge in [-0.3, -0.25) is 9.48 Å². The third kappa shape index (κ3) is 3.36. The first kappa shape index (κ1) is 18.5. The summed E-state index contributed by atoms with van der Waals surface area (Å²) in [7, 11) is 0. The van der Waals surface area contributed by atoms with E-state index >= 15 is 0 Å². The van der Waals surface area contributed by atoms with Crippen molar-refractivity contribution in [3.63, 3.8) is 0 Å². The smallest absolute Gasteiger partial charge is 0.252 e. The van der Waals surface area contributed by atoms with Crippen LogP contribution in [0.25, 0.3) is 16.7 Å². The molecule has 30 heavy (non-hydrogen) atoms. The normalized spacial score (nSPS) is 13.7. The average Bonchev–Trinajstić information content (AvgIpc) is 3.44. The monoisotopic (exact) mass is 400 g/mol. The van der Waals surface area contributed by atoms with Gasteiger partial charge in [0.2, 0.25) is 0 Å². The van der Waals surface area contributed by atoms with Crippen molar-refractivity contribution in [2.45, 2.75) is 45.7 Å². The number of fused-ring (bicyclic) bond motifs is 1. The zero-order chi connectivity index (χ0) is 20.7. The quantitative estimate of drug-likeness (QED) is 0.535. The van der Waals surface area contributed by atoms with E-state index in [1.807, 2.05) is 65.8 Å². The first-order valence-corrected chi connectivity index (χ1v) is 10.4. The second-order valence-electron chi connectivity index (χ2n) is 7.79. The summed E-state index contributed by atoms with van der Waals surface area (Å²) in [6.45, 7) is 5.22. The van der Waals surface area contributed by atoms with Gasteiger partial charge in [0, 0.05) is 36.5 Å². The summed E-state index contributed by atoms with van der Waals surface area (Å²) in [4.78, 5) is 18.1. The lowest BCUT2D eigenvalue weighted by atomic mass is 10.1. The number of amides is 1. The maximum Gasteiger partial charge on any atom is 0.252 e. The molecule has 3 heterocycles. The number of hydrogen-bond acceptors (Lipinski definition) is 4. The summed E-state index contributed by atoms with van der Waals surface area (Å²) in [6.07, 6.45) is 5.99. The second-order valence-corrected chi connectivity index (χ2v) is 7.79. The first-order chi connectivity index (χ1) is 14.6. The molecule has 152 valence electrons. The van der Waals surface area contributed by atoms with Crippen molar-refractivity contribution in [1.82, 2.24) is 29.9 Å². The van der Waals surface area contributed by atoms with Crippen molar-refractivity contribution < 1.29 is 4.79 Å². The van der Waals surface area contributed by atoms with Crippen LogP contribution in [0.5, 0.6) is 0 Å². The molecule has 0 atom stereocenters. The Hall–Kier alpha value is -3.48. The Morgan fingerprint density at radius 3 is 2.73 bits per heavy atom. The molecule has 0 unspecified atom stereocenters. The zero-order valence-electron chi connectivity index (χ0n) is 17.2. The molecule has 4 aromatic rings. The molecule has 1 fully saturated rings. The fourth-order valence-corrected chi connectivity index (χ4v) is 3.77. The fourth-order valence-electron chi connectivity index (χ4n) is 3.77. The molecule has 1 aromatic carbocycles. The predicted molar refractivity (Wildman–Crippen MR) is 115 cm³/mol. The van der Waals surface area contributed by atoms with E-state index in [-0.39, 0.29) is 5.91 Å². The molecule has 0 radical (unpaired) electrons. The molecule has 1 aliphatic rings. The van der Waals surface area contributed by atoms with Gasteiger partial charge in [-0.1, -0.05) is 18.2 Å². The Balaban J connectivity index is 1.55. The van der Waals surface area contributed by atoms with E-state index in [0.717, 1.165) is 53.1 Å². The standard InChI is InChI=1S/C23H24N6O/c1-3-28-14-16(13-25-28)12-24-23(30)19-11-20(17-9-10-17)26-22-21(19)15(2)27-29(22)18-7-5-4-6-8-18/h4-8,11,13-14,17H,3,9-10,12H2,1-2H3,(H,24,30). The number of carbonyl (C=O) groups excluding carboxylic acids is 1. The van der Waals surface area contributed by atoms with Gasteiger partial charge in [0.25, 0.3) is 5.91 Å². The van der Waals surface area contributed by atoms with Crippen LogP contribution in [0.3, 0.4) is 0 Å². The van der Waals surface area contributed by atoms with Crippen LogP contribution in [0, 0.1) is 6.92 Å². The van der Waals surface area contributed by atoms with Gasteiger partial charge in [0.1, 0.15) is 0 Å². The largest absolute Gasteiger partial charge is 0.348 e. The molecule has 3 aromatic heterocycles. The van der Waals surface area contributed by atoms with Crippen LogP contribution in [0.1, 0.15) is 53.0 Å². The van der Waals surface area contributed by atoms with Crippen LogP contribution in [0.4, 0.5) is 0 Å². The van der Waals surface area contributed by atoms with Crippen LogP contribution in [0.2, 0.25) is 0 Å². The number of nitrogens with one attached hydrogen (secondary N) is 1. The molecule has 1 N–H and O–H groups in total. The molecule has 0 saturated heterocycles. The number of benzene rings is 1. The molecule has 0 bridgehead atoms. The van der Waals surface area contributed by atoms with Gasteiger partial charge in [0.15, 0.2) is 5.65 Å². The van der Waals surface area contributed by atoms with Crippen LogP contribution < -0.4 is 5.32 Å². The molecule has 0 spiro atoms. The summed E-state index contributed by atoms with van der Waals surface area (Å²) < 4.78 is 3.70. The first-order valence-electron chi connectivity index (χ1n) is 10.4. The van der Waals surface area contributed by atoms with Crippen molar-refractivity contribution in [2.75, 3.05) is 0 Å². The van der Waals surface area contributed by atoms with Crippen LogP contribution >= 0.6 is 0 Å². The predicted octanol–water partition coefficient (Wildman–Crippen LogP) is 3.75. The van der Waals surface area contributed by atoms with Crippen LogP contribution in [0.15, 0.2) is 48.8 Å². The van der Waals surface area contributed by atoms with Crippen molar-refractivity contribution in [3.8, 4) is 5.69 Å². The molecular weight excluding hydrogens is 376 g/mol. The lowest BCUT2D eigenvalue weighted by Gasteiger charge is -2.09. The Bertz CT molecular complexity index is 1220. The highest BCUT2D eigenvalue weighted by atomic mass is 16.1. The van der Waals surface area contributed by atoms with Crippen LogP contribution in [-0.2, 0) is 13.1 Å². The second kappa shape index (κ2) is 7.40. The topological polar surface area (TPSA) is 77.6 Å². The summed E-state index contributed by atoms with van der Waals surface area (Å²) >= 11 is 0. The van der Waals surface area contributed by atoms with Crippen LogP contribution in [-0.4, -0.2) is 30.5 Å². The minimum Gasteiger partial charge on any atom is -0.348 e. The Labute approximate surface area is 174 Å².